The van der Waals surface area contributed by atoms with Crippen LogP contribution in [0.4, 0.5) is 0 Å². The van der Waals surface area contributed by atoms with E-state index in [0.717, 1.165) is 46.5 Å². The Kier molecular flexibility index (Phi) is 13.0. The predicted octanol–water partition coefficient (Wildman–Crippen LogP) is -3.44. The summed E-state index contributed by atoms with van der Waals surface area (Å²) >= 11 is 0. The van der Waals surface area contributed by atoms with Gasteiger partial charge in [-0.05, 0) is 27.2 Å². The molecule has 2 unspecified atom stereocenters. The van der Waals surface area contributed by atoms with Gasteiger partial charge in [0.15, 0.2) is 6.29 Å². The van der Waals surface area contributed by atoms with Gasteiger partial charge in [0, 0.05) is 6.42 Å². The standard InChI is InChI=1S/C14H28Cl2O10.H3N/c1-5-6-7-8-9-10-11-14(24-12(2)17,26-16(21,22)23)13(3,4)25-15(18,19)20;/h12,17H,5-11H2,1-4H3;1H3. The van der Waals surface area contributed by atoms with E-state index in [1.54, 1.807) is 0 Å². The molecule has 0 amide bonds. The molecule has 2 atom stereocenters. The van der Waals surface area contributed by atoms with Crippen LogP contribution in [0.1, 0.15) is 72.6 Å². The van der Waals surface area contributed by atoms with Crippen LogP contribution in [0.3, 0.4) is 0 Å². The Balaban J connectivity index is 0. The van der Waals surface area contributed by atoms with Crippen molar-refractivity contribution in [3.8, 4) is 0 Å². The highest BCUT2D eigenvalue weighted by molar-refractivity contribution is 4.88. The molecule has 0 bridgehead atoms. The average Bonchev–Trinajstić information content (AvgIpc) is 2.37. The van der Waals surface area contributed by atoms with Gasteiger partial charge in [0.05, 0.1) is 24.8 Å². The zero-order valence-corrected chi connectivity index (χ0v) is 17.6. The van der Waals surface area contributed by atoms with Gasteiger partial charge >= 0.3 is 5.79 Å². The maximum Gasteiger partial charge on any atom is 0.370 e. The van der Waals surface area contributed by atoms with E-state index < -0.39 is 38.2 Å². The predicted molar refractivity (Wildman–Crippen MR) is 74.8 cm³/mol. The van der Waals surface area contributed by atoms with Crippen LogP contribution in [0, 0.1) is 20.5 Å². The first-order valence-electron chi connectivity index (χ1n) is 8.23. The van der Waals surface area contributed by atoms with Crippen LogP contribution in [-0.4, -0.2) is 22.8 Å². The van der Waals surface area contributed by atoms with E-state index in [1.165, 1.54) is 0 Å². The normalized spacial score (nSPS) is 16.6. The molecule has 0 aromatic carbocycles. The van der Waals surface area contributed by atoms with Crippen LogP contribution < -0.4 is 34.1 Å². The fraction of sp³-hybridized carbons (Fsp3) is 1.00. The highest BCUT2D eigenvalue weighted by atomic mass is 35.7. The van der Waals surface area contributed by atoms with Crippen molar-refractivity contribution >= 4 is 0 Å². The van der Waals surface area contributed by atoms with E-state index in [2.05, 4.69) is 8.58 Å². The first-order chi connectivity index (χ1) is 11.6. The third-order valence-corrected chi connectivity index (χ3v) is 4.66. The van der Waals surface area contributed by atoms with E-state index in [4.69, 9.17) is 4.74 Å². The van der Waals surface area contributed by atoms with Gasteiger partial charge < -0.3 is 16.0 Å². The molecular formula is C14H31Cl2NO10. The van der Waals surface area contributed by atoms with E-state index in [1.807, 2.05) is 6.92 Å². The molecule has 0 saturated heterocycles. The van der Waals surface area contributed by atoms with E-state index in [0.29, 0.717) is 6.42 Å². The third kappa shape index (κ3) is 12.3. The molecule has 0 saturated carbocycles. The van der Waals surface area contributed by atoms with Gasteiger partial charge in [-0.3, -0.25) is 0 Å². The second kappa shape index (κ2) is 12.0. The van der Waals surface area contributed by atoms with Crippen molar-refractivity contribution < 1.29 is 66.9 Å². The van der Waals surface area contributed by atoms with Gasteiger partial charge in [0.25, 0.3) is 5.60 Å². The summed E-state index contributed by atoms with van der Waals surface area (Å²) in [6.07, 6.45) is 2.70. The lowest BCUT2D eigenvalue weighted by molar-refractivity contribution is -1.93. The Morgan fingerprint density at radius 1 is 0.852 bits per heavy atom. The lowest BCUT2D eigenvalue weighted by Crippen LogP contribution is -2.73. The van der Waals surface area contributed by atoms with Crippen LogP contribution in [-0.2, 0) is 13.3 Å². The summed E-state index contributed by atoms with van der Waals surface area (Å²) in [7, 11) is -10.1. The molecule has 27 heavy (non-hydrogen) atoms. The van der Waals surface area contributed by atoms with Crippen molar-refractivity contribution in [2.45, 2.75) is 90.3 Å². The van der Waals surface area contributed by atoms with Crippen molar-refractivity contribution in [2.24, 2.45) is 0 Å². The molecule has 0 aliphatic carbocycles. The van der Waals surface area contributed by atoms with Crippen LogP contribution in [0.25, 0.3) is 0 Å². The Morgan fingerprint density at radius 2 is 1.30 bits per heavy atom. The number of rotatable bonds is 14. The Bertz CT molecular complexity index is 400. The smallest absolute Gasteiger partial charge is 0.368 e. The number of aliphatic hydroxyl groups excluding tert-OH is 1. The molecule has 0 spiro atoms. The van der Waals surface area contributed by atoms with Gasteiger partial charge in [-0.2, -0.15) is 28.0 Å². The van der Waals surface area contributed by atoms with E-state index >= 15 is 0 Å². The largest absolute Gasteiger partial charge is 0.370 e. The molecule has 0 radical (unpaired) electrons. The maximum absolute atomic E-state index is 11.2. The SMILES string of the molecule is CCCCCCCCC(OC(C)O)(O[Cl+3]([O-])([O-])[O-])C(C)(C)O[Cl+3]([O-])([O-])[O-].N. The van der Waals surface area contributed by atoms with Gasteiger partial charge in [0.2, 0.25) is 0 Å². The molecule has 0 aromatic rings. The highest BCUT2D eigenvalue weighted by Crippen LogP contribution is 2.39. The zero-order chi connectivity index (χ0) is 20.6. The average molecular weight is 444 g/mol. The van der Waals surface area contributed by atoms with Gasteiger partial charge in [-0.15, -0.1) is 0 Å². The van der Waals surface area contributed by atoms with E-state index in [-0.39, 0.29) is 19.0 Å². The van der Waals surface area contributed by atoms with Crippen LogP contribution in [0.2, 0.25) is 0 Å². The molecule has 0 aliphatic heterocycles. The van der Waals surface area contributed by atoms with Crippen molar-refractivity contribution in [1.82, 2.24) is 6.15 Å². The Labute approximate surface area is 163 Å². The second-order valence-corrected chi connectivity index (χ2v) is 8.23. The molecule has 0 aromatic heterocycles. The second-order valence-electron chi connectivity index (χ2n) is 6.41. The van der Waals surface area contributed by atoms with Crippen molar-refractivity contribution in [2.75, 3.05) is 0 Å². The minimum atomic E-state index is -5.08. The van der Waals surface area contributed by atoms with Crippen LogP contribution in [0.15, 0.2) is 0 Å². The molecule has 4 N–H and O–H groups in total. The molecule has 0 fully saturated rings. The van der Waals surface area contributed by atoms with Crippen LogP contribution in [0.5, 0.6) is 0 Å². The summed E-state index contributed by atoms with van der Waals surface area (Å²) in [5.41, 5.74) is -2.22. The summed E-state index contributed by atoms with van der Waals surface area (Å²) < 4.78 is 80.3. The topological polar surface area (TPSA) is 221 Å². The zero-order valence-electron chi connectivity index (χ0n) is 16.1. The number of hydrogen-bond donors (Lipinski definition) is 2. The molecule has 11 nitrogen and oxygen atoms in total. The summed E-state index contributed by atoms with van der Waals surface area (Å²) in [6, 6.07) is 0. The molecule has 0 rings (SSSR count). The van der Waals surface area contributed by atoms with Crippen molar-refractivity contribution in [1.29, 1.82) is 0 Å². The first kappa shape index (κ1) is 29.3. The molecule has 166 valence electrons. The molecule has 0 aliphatic rings. The minimum absolute atomic E-state index is 0. The number of hydrogen-bond acceptors (Lipinski definition) is 11. The Morgan fingerprint density at radius 3 is 1.70 bits per heavy atom. The van der Waals surface area contributed by atoms with Gasteiger partial charge in [0.1, 0.15) is 4.29 Å². The summed E-state index contributed by atoms with van der Waals surface area (Å²) in [5, 5.41) is 9.53. The van der Waals surface area contributed by atoms with E-state index in [9.17, 15) is 33.1 Å². The molecular weight excluding hydrogens is 413 g/mol. The fourth-order valence-corrected chi connectivity index (χ4v) is 3.71. The number of aliphatic hydroxyl groups is 1. The minimum Gasteiger partial charge on any atom is -0.368 e. The van der Waals surface area contributed by atoms with Gasteiger partial charge in [-0.1, -0.05) is 39.0 Å². The monoisotopic (exact) mass is 443 g/mol. The maximum atomic E-state index is 11.2. The van der Waals surface area contributed by atoms with Gasteiger partial charge in [-0.25, -0.2) is 0 Å². The molecule has 13 heteroatoms. The lowest BCUT2D eigenvalue weighted by Gasteiger charge is -2.37. The summed E-state index contributed by atoms with van der Waals surface area (Å²) in [5.74, 6) is -2.52. The Hall–Kier alpha value is 0.140. The number of ether oxygens (including phenoxy) is 1. The number of unbranched alkanes of at least 4 members (excludes halogenated alkanes) is 5. The number of halogens is 2. The van der Waals surface area contributed by atoms with Crippen LogP contribution >= 0.6 is 0 Å². The highest BCUT2D eigenvalue weighted by Gasteiger charge is 2.67. The quantitative estimate of drug-likeness (QED) is 0.198. The van der Waals surface area contributed by atoms with Crippen molar-refractivity contribution in [3.05, 3.63) is 0 Å². The molecule has 0 heterocycles. The summed E-state index contributed by atoms with van der Waals surface area (Å²) in [4.78, 5) is 0. The summed E-state index contributed by atoms with van der Waals surface area (Å²) in [6.45, 7) is 5.16. The fourth-order valence-electron chi connectivity index (χ4n) is 2.51. The van der Waals surface area contributed by atoms with Crippen molar-refractivity contribution in [3.63, 3.8) is 0 Å². The lowest BCUT2D eigenvalue weighted by atomic mass is 9.91. The third-order valence-electron chi connectivity index (χ3n) is 3.64. The first-order valence-corrected chi connectivity index (χ1v) is 10.7.